The Kier molecular flexibility index (Phi) is 12.2. The molecule has 0 bridgehead atoms. The van der Waals surface area contributed by atoms with Crippen LogP contribution in [0.25, 0.3) is 0 Å². The van der Waals surface area contributed by atoms with Crippen molar-refractivity contribution in [2.45, 2.75) is 86.0 Å². The van der Waals surface area contributed by atoms with E-state index in [0.29, 0.717) is 29.5 Å². The first-order valence-electron chi connectivity index (χ1n) is 12.0. The van der Waals surface area contributed by atoms with Gasteiger partial charge in [0.05, 0.1) is 6.61 Å². The van der Waals surface area contributed by atoms with Gasteiger partial charge in [-0.05, 0) is 55.9 Å². The van der Waals surface area contributed by atoms with E-state index in [2.05, 4.69) is 6.92 Å². The van der Waals surface area contributed by atoms with E-state index >= 15 is 0 Å². The standard InChI is InChI=1S/C15H22O4.C12H18O2/c1-4-7-10-9-12(15(18)19-6-3)14(17)11(8-5-2)13(10)16;1-3-5-9-7-8-11(13)10(6-4-2)12(9)14/h9,16-17H,4-8H2,1-3H3;7-8,13-14H,3-6H2,1-2H3. The highest BCUT2D eigenvalue weighted by Crippen LogP contribution is 2.36. The Hall–Kier alpha value is -2.89. The van der Waals surface area contributed by atoms with Gasteiger partial charge in [0.1, 0.15) is 28.6 Å². The number of rotatable bonds is 10. The maximum absolute atomic E-state index is 11.8. The maximum atomic E-state index is 11.8. The lowest BCUT2D eigenvalue weighted by Crippen LogP contribution is -2.07. The SMILES string of the molecule is CCCc1cc(C(=O)OCC)c(O)c(CCC)c1O.CCCc1ccc(O)c(CCC)c1O. The average Bonchev–Trinajstić information content (AvgIpc) is 2.78. The summed E-state index contributed by atoms with van der Waals surface area (Å²) < 4.78 is 4.93. The van der Waals surface area contributed by atoms with Gasteiger partial charge < -0.3 is 25.2 Å². The van der Waals surface area contributed by atoms with Crippen LogP contribution in [0.15, 0.2) is 18.2 Å². The number of ether oxygens (including phenoxy) is 1. The summed E-state index contributed by atoms with van der Waals surface area (Å²) in [6, 6.07) is 5.01. The Morgan fingerprint density at radius 2 is 1.21 bits per heavy atom. The normalized spacial score (nSPS) is 10.5. The highest BCUT2D eigenvalue weighted by molar-refractivity contribution is 5.93. The minimum atomic E-state index is -0.547. The molecule has 4 N–H and O–H groups in total. The first kappa shape index (κ1) is 28.1. The van der Waals surface area contributed by atoms with Crippen molar-refractivity contribution in [3.63, 3.8) is 0 Å². The predicted molar refractivity (Wildman–Crippen MR) is 131 cm³/mol. The van der Waals surface area contributed by atoms with E-state index < -0.39 is 5.97 Å². The van der Waals surface area contributed by atoms with Gasteiger partial charge in [-0.2, -0.15) is 0 Å². The zero-order chi connectivity index (χ0) is 25.0. The van der Waals surface area contributed by atoms with E-state index in [9.17, 15) is 25.2 Å². The molecular formula is C27H40O6. The second-order valence-corrected chi connectivity index (χ2v) is 8.05. The van der Waals surface area contributed by atoms with Gasteiger partial charge in [-0.1, -0.05) is 59.4 Å². The van der Waals surface area contributed by atoms with E-state index in [1.54, 1.807) is 19.1 Å². The molecule has 0 unspecified atom stereocenters. The lowest BCUT2D eigenvalue weighted by atomic mass is 9.96. The van der Waals surface area contributed by atoms with Crippen molar-refractivity contribution in [3.8, 4) is 23.0 Å². The van der Waals surface area contributed by atoms with E-state index in [4.69, 9.17) is 4.74 Å². The molecule has 0 atom stereocenters. The zero-order valence-corrected chi connectivity index (χ0v) is 20.7. The molecule has 0 aliphatic rings. The van der Waals surface area contributed by atoms with Gasteiger partial charge in [-0.15, -0.1) is 0 Å². The van der Waals surface area contributed by atoms with E-state index in [0.717, 1.165) is 44.1 Å². The largest absolute Gasteiger partial charge is 0.508 e. The smallest absolute Gasteiger partial charge is 0.341 e. The Bertz CT molecular complexity index is 904. The van der Waals surface area contributed by atoms with Crippen molar-refractivity contribution in [2.24, 2.45) is 0 Å². The molecule has 6 nitrogen and oxygen atoms in total. The minimum absolute atomic E-state index is 0.106. The van der Waals surface area contributed by atoms with Crippen LogP contribution in [0.5, 0.6) is 23.0 Å². The Morgan fingerprint density at radius 1 is 0.697 bits per heavy atom. The summed E-state index contributed by atoms with van der Waals surface area (Å²) in [5.74, 6) is -0.0977. The number of hydrogen-bond donors (Lipinski definition) is 4. The molecule has 0 saturated heterocycles. The molecule has 6 heteroatoms. The number of phenolic OH excluding ortho intramolecular Hbond substituents is 4. The third-order valence-corrected chi connectivity index (χ3v) is 5.33. The summed E-state index contributed by atoms with van der Waals surface area (Å²) in [6.07, 6.45) is 6.35. The number of hydrogen-bond acceptors (Lipinski definition) is 6. The fraction of sp³-hybridized carbons (Fsp3) is 0.519. The molecule has 0 aliphatic heterocycles. The number of aryl methyl sites for hydroxylation is 2. The Balaban J connectivity index is 0.000000346. The summed E-state index contributed by atoms with van der Waals surface area (Å²) in [6.45, 7) is 10.0. The molecule has 2 rings (SSSR count). The van der Waals surface area contributed by atoms with Crippen molar-refractivity contribution in [3.05, 3.63) is 46.0 Å². The van der Waals surface area contributed by atoms with E-state index in [1.165, 1.54) is 6.07 Å². The third-order valence-electron chi connectivity index (χ3n) is 5.33. The van der Waals surface area contributed by atoms with Gasteiger partial charge in [-0.25, -0.2) is 4.79 Å². The molecule has 184 valence electrons. The average molecular weight is 461 g/mol. The van der Waals surface area contributed by atoms with Crippen LogP contribution in [0.2, 0.25) is 0 Å². The van der Waals surface area contributed by atoms with Gasteiger partial charge >= 0.3 is 5.97 Å². The second-order valence-electron chi connectivity index (χ2n) is 8.05. The minimum Gasteiger partial charge on any atom is -0.508 e. The molecule has 33 heavy (non-hydrogen) atoms. The van der Waals surface area contributed by atoms with Crippen LogP contribution >= 0.6 is 0 Å². The molecule has 0 saturated carbocycles. The van der Waals surface area contributed by atoms with Crippen LogP contribution in [-0.4, -0.2) is 33.0 Å². The van der Waals surface area contributed by atoms with E-state index in [-0.39, 0.29) is 35.2 Å². The lowest BCUT2D eigenvalue weighted by Gasteiger charge is -2.14. The summed E-state index contributed by atoms with van der Waals surface area (Å²) >= 11 is 0. The van der Waals surface area contributed by atoms with Crippen LogP contribution in [-0.2, 0) is 30.4 Å². The molecule has 0 fully saturated rings. The lowest BCUT2D eigenvalue weighted by molar-refractivity contribution is 0.0522. The number of phenols is 4. The molecule has 2 aromatic carbocycles. The van der Waals surface area contributed by atoms with Gasteiger partial charge in [-0.3, -0.25) is 0 Å². The highest BCUT2D eigenvalue weighted by Gasteiger charge is 2.21. The van der Waals surface area contributed by atoms with E-state index in [1.807, 2.05) is 20.8 Å². The number of carbonyl (C=O) groups is 1. The van der Waals surface area contributed by atoms with Crippen LogP contribution in [0.1, 0.15) is 92.9 Å². The highest BCUT2D eigenvalue weighted by atomic mass is 16.5. The predicted octanol–water partition coefficient (Wildman–Crippen LogP) is 6.18. The number of esters is 1. The summed E-state index contributed by atoms with van der Waals surface area (Å²) in [4.78, 5) is 11.8. The zero-order valence-electron chi connectivity index (χ0n) is 20.7. The summed E-state index contributed by atoms with van der Waals surface area (Å²) in [5.41, 5.74) is 2.90. The topological polar surface area (TPSA) is 107 Å². The molecule has 0 amide bonds. The van der Waals surface area contributed by atoms with Crippen LogP contribution in [0.3, 0.4) is 0 Å². The van der Waals surface area contributed by atoms with Gasteiger partial charge in [0.15, 0.2) is 0 Å². The van der Waals surface area contributed by atoms with Crippen molar-refractivity contribution in [1.82, 2.24) is 0 Å². The van der Waals surface area contributed by atoms with Gasteiger partial charge in [0, 0.05) is 11.1 Å². The molecule has 0 spiro atoms. The third kappa shape index (κ3) is 7.58. The number of carbonyl (C=O) groups excluding carboxylic acids is 1. The Labute approximate surface area is 197 Å². The molecule has 2 aromatic rings. The fourth-order valence-electron chi connectivity index (χ4n) is 3.73. The molecule has 0 radical (unpaired) electrons. The molecule has 0 heterocycles. The van der Waals surface area contributed by atoms with Crippen LogP contribution in [0, 0.1) is 0 Å². The van der Waals surface area contributed by atoms with Crippen LogP contribution in [0.4, 0.5) is 0 Å². The molecular weight excluding hydrogens is 420 g/mol. The summed E-state index contributed by atoms with van der Waals surface area (Å²) in [7, 11) is 0. The van der Waals surface area contributed by atoms with Crippen molar-refractivity contribution in [2.75, 3.05) is 6.61 Å². The number of benzene rings is 2. The quantitative estimate of drug-likeness (QED) is 0.315. The van der Waals surface area contributed by atoms with Crippen molar-refractivity contribution >= 4 is 5.97 Å². The second kappa shape index (κ2) is 14.3. The Morgan fingerprint density at radius 3 is 1.76 bits per heavy atom. The number of aromatic hydroxyl groups is 4. The van der Waals surface area contributed by atoms with Crippen molar-refractivity contribution in [1.29, 1.82) is 0 Å². The van der Waals surface area contributed by atoms with Gasteiger partial charge in [0.25, 0.3) is 0 Å². The monoisotopic (exact) mass is 460 g/mol. The first-order chi connectivity index (χ1) is 15.8. The fourth-order valence-corrected chi connectivity index (χ4v) is 3.73. The molecule has 0 aromatic heterocycles. The molecule has 0 aliphatic carbocycles. The first-order valence-corrected chi connectivity index (χ1v) is 12.0. The van der Waals surface area contributed by atoms with Crippen molar-refractivity contribution < 1.29 is 30.0 Å². The summed E-state index contributed by atoms with van der Waals surface area (Å²) in [5, 5.41) is 39.7. The van der Waals surface area contributed by atoms with Crippen LogP contribution < -0.4 is 0 Å². The maximum Gasteiger partial charge on any atom is 0.341 e. The van der Waals surface area contributed by atoms with Gasteiger partial charge in [0.2, 0.25) is 0 Å².